The number of aliphatic imine (C=N–C) groups is 1. The van der Waals surface area contributed by atoms with Crippen LogP contribution in [0.2, 0.25) is 0 Å². The second kappa shape index (κ2) is 10.7. The van der Waals surface area contributed by atoms with Gasteiger partial charge in [0.1, 0.15) is 17.4 Å². The molecule has 0 aliphatic heterocycles. The Balaban J connectivity index is 1.92. The highest BCUT2D eigenvalue weighted by Gasteiger charge is 2.02. The molecular formula is C18H26N4O2S. The van der Waals surface area contributed by atoms with Crippen molar-refractivity contribution in [3.63, 3.8) is 0 Å². The van der Waals surface area contributed by atoms with Crippen molar-refractivity contribution < 1.29 is 9.47 Å². The Hall–Kier alpha value is -2.12. The molecule has 0 unspecified atom stereocenters. The van der Waals surface area contributed by atoms with Crippen LogP contribution in [0.5, 0.6) is 5.75 Å². The van der Waals surface area contributed by atoms with Crippen molar-refractivity contribution in [3.8, 4) is 5.75 Å². The molecular weight excluding hydrogens is 336 g/mol. The Morgan fingerprint density at radius 2 is 2.16 bits per heavy atom. The van der Waals surface area contributed by atoms with Gasteiger partial charge in [-0.05, 0) is 31.5 Å². The Bertz CT molecular complexity index is 673. The lowest BCUT2D eigenvalue weighted by Crippen LogP contribution is -2.36. The first-order valence-electron chi connectivity index (χ1n) is 8.35. The summed E-state index contributed by atoms with van der Waals surface area (Å²) in [4.78, 5) is 10.2. The molecule has 1 heterocycles. The van der Waals surface area contributed by atoms with Crippen molar-refractivity contribution in [2.24, 2.45) is 4.99 Å². The van der Waals surface area contributed by atoms with Crippen LogP contribution >= 0.6 is 11.3 Å². The SMILES string of the molecule is CCNC(=NCc1cccc(OCCOC)c1)NCc1ncc(C)s1. The van der Waals surface area contributed by atoms with Gasteiger partial charge in [-0.3, -0.25) is 0 Å². The van der Waals surface area contributed by atoms with Crippen LogP contribution in [0.25, 0.3) is 0 Å². The van der Waals surface area contributed by atoms with E-state index in [-0.39, 0.29) is 0 Å². The van der Waals surface area contributed by atoms with Crippen LogP contribution in [0.1, 0.15) is 22.4 Å². The minimum atomic E-state index is 0.542. The lowest BCUT2D eigenvalue weighted by molar-refractivity contribution is 0.146. The zero-order chi connectivity index (χ0) is 17.9. The third kappa shape index (κ3) is 7.11. The van der Waals surface area contributed by atoms with Crippen molar-refractivity contribution in [1.29, 1.82) is 0 Å². The van der Waals surface area contributed by atoms with Crippen LogP contribution in [-0.4, -0.2) is 37.8 Å². The van der Waals surface area contributed by atoms with E-state index in [0.29, 0.717) is 26.3 Å². The summed E-state index contributed by atoms with van der Waals surface area (Å²) in [5.41, 5.74) is 1.09. The van der Waals surface area contributed by atoms with Gasteiger partial charge in [0.15, 0.2) is 5.96 Å². The molecule has 0 radical (unpaired) electrons. The van der Waals surface area contributed by atoms with E-state index in [1.807, 2.05) is 30.5 Å². The van der Waals surface area contributed by atoms with Gasteiger partial charge >= 0.3 is 0 Å². The Labute approximate surface area is 153 Å². The second-order valence-corrected chi connectivity index (χ2v) is 6.72. The molecule has 0 bridgehead atoms. The maximum Gasteiger partial charge on any atom is 0.191 e. The van der Waals surface area contributed by atoms with Crippen molar-refractivity contribution in [3.05, 3.63) is 45.9 Å². The molecule has 1 aromatic carbocycles. The number of aromatic nitrogens is 1. The molecule has 25 heavy (non-hydrogen) atoms. The smallest absolute Gasteiger partial charge is 0.191 e. The maximum absolute atomic E-state index is 5.64. The number of hydrogen-bond donors (Lipinski definition) is 2. The fraction of sp³-hybridized carbons (Fsp3) is 0.444. The zero-order valence-corrected chi connectivity index (χ0v) is 15.9. The molecule has 1 aromatic heterocycles. The van der Waals surface area contributed by atoms with E-state index < -0.39 is 0 Å². The summed E-state index contributed by atoms with van der Waals surface area (Å²) in [6.07, 6.45) is 1.89. The molecule has 2 N–H and O–H groups in total. The summed E-state index contributed by atoms with van der Waals surface area (Å²) < 4.78 is 10.6. The largest absolute Gasteiger partial charge is 0.491 e. The highest BCUT2D eigenvalue weighted by atomic mass is 32.1. The number of nitrogens with zero attached hydrogens (tertiary/aromatic N) is 2. The number of nitrogens with one attached hydrogen (secondary N) is 2. The standard InChI is InChI=1S/C18H26N4O2S/c1-4-19-18(22-13-17-20-11-14(2)25-17)21-12-15-6-5-7-16(10-15)24-9-8-23-3/h5-7,10-11H,4,8-9,12-13H2,1-3H3,(H2,19,21,22). The maximum atomic E-state index is 5.64. The number of methoxy groups -OCH3 is 1. The third-order valence-electron chi connectivity index (χ3n) is 3.29. The number of aryl methyl sites for hydroxylation is 1. The van der Waals surface area contributed by atoms with E-state index in [1.54, 1.807) is 18.4 Å². The monoisotopic (exact) mass is 362 g/mol. The van der Waals surface area contributed by atoms with E-state index in [9.17, 15) is 0 Å². The highest BCUT2D eigenvalue weighted by Crippen LogP contribution is 2.14. The van der Waals surface area contributed by atoms with Crippen molar-refractivity contribution in [1.82, 2.24) is 15.6 Å². The van der Waals surface area contributed by atoms with Gasteiger partial charge in [0, 0.05) is 24.7 Å². The normalized spacial score (nSPS) is 11.4. The van der Waals surface area contributed by atoms with Crippen molar-refractivity contribution >= 4 is 17.3 Å². The average molecular weight is 362 g/mol. The fourth-order valence-electron chi connectivity index (χ4n) is 2.13. The Morgan fingerprint density at radius 3 is 2.88 bits per heavy atom. The van der Waals surface area contributed by atoms with Crippen LogP contribution in [-0.2, 0) is 17.8 Å². The molecule has 7 heteroatoms. The molecule has 136 valence electrons. The highest BCUT2D eigenvalue weighted by molar-refractivity contribution is 7.11. The molecule has 6 nitrogen and oxygen atoms in total. The van der Waals surface area contributed by atoms with Gasteiger partial charge in [0.25, 0.3) is 0 Å². The molecule has 0 aliphatic carbocycles. The van der Waals surface area contributed by atoms with Crippen LogP contribution in [0.15, 0.2) is 35.5 Å². The molecule has 0 spiro atoms. The number of ether oxygens (including phenoxy) is 2. The Kier molecular flexibility index (Phi) is 8.21. The van der Waals surface area contributed by atoms with E-state index in [0.717, 1.165) is 28.8 Å². The van der Waals surface area contributed by atoms with E-state index in [2.05, 4.69) is 34.5 Å². The number of guanidine groups is 1. The Morgan fingerprint density at radius 1 is 1.28 bits per heavy atom. The van der Waals surface area contributed by atoms with E-state index in [1.165, 1.54) is 4.88 Å². The van der Waals surface area contributed by atoms with Gasteiger partial charge in [-0.1, -0.05) is 12.1 Å². The quantitative estimate of drug-likeness (QED) is 0.408. The average Bonchev–Trinajstić information content (AvgIpc) is 3.03. The summed E-state index contributed by atoms with van der Waals surface area (Å²) >= 11 is 1.69. The van der Waals surface area contributed by atoms with Crippen molar-refractivity contribution in [2.75, 3.05) is 26.9 Å². The minimum absolute atomic E-state index is 0.542. The second-order valence-electron chi connectivity index (χ2n) is 5.40. The van der Waals surface area contributed by atoms with Gasteiger partial charge in [0.2, 0.25) is 0 Å². The van der Waals surface area contributed by atoms with Gasteiger partial charge in [-0.2, -0.15) is 0 Å². The molecule has 0 fully saturated rings. The molecule has 2 rings (SSSR count). The van der Waals surface area contributed by atoms with Crippen LogP contribution in [0, 0.1) is 6.92 Å². The summed E-state index contributed by atoms with van der Waals surface area (Å²) in [5, 5.41) is 7.62. The van der Waals surface area contributed by atoms with Gasteiger partial charge < -0.3 is 20.1 Å². The number of thiazole rings is 1. The predicted molar refractivity (Wildman–Crippen MR) is 102 cm³/mol. The summed E-state index contributed by atoms with van der Waals surface area (Å²) in [6, 6.07) is 7.97. The first-order valence-corrected chi connectivity index (χ1v) is 9.17. The van der Waals surface area contributed by atoms with Crippen molar-refractivity contribution in [2.45, 2.75) is 26.9 Å². The third-order valence-corrected chi connectivity index (χ3v) is 4.21. The summed E-state index contributed by atoms with van der Waals surface area (Å²) in [7, 11) is 1.66. The summed E-state index contributed by atoms with van der Waals surface area (Å²) in [6.45, 7) is 7.28. The molecule has 0 saturated heterocycles. The number of rotatable bonds is 9. The predicted octanol–water partition coefficient (Wildman–Crippen LogP) is 2.73. The molecule has 0 amide bonds. The molecule has 0 aliphatic rings. The zero-order valence-electron chi connectivity index (χ0n) is 15.0. The first-order chi connectivity index (χ1) is 12.2. The van der Waals surface area contributed by atoms with Gasteiger partial charge in [-0.25, -0.2) is 9.98 Å². The topological polar surface area (TPSA) is 67.8 Å². The summed E-state index contributed by atoms with van der Waals surface area (Å²) in [5.74, 6) is 1.61. The van der Waals surface area contributed by atoms with Crippen LogP contribution in [0.4, 0.5) is 0 Å². The van der Waals surface area contributed by atoms with Crippen LogP contribution in [0.3, 0.4) is 0 Å². The van der Waals surface area contributed by atoms with E-state index >= 15 is 0 Å². The first kappa shape index (κ1) is 19.2. The van der Waals surface area contributed by atoms with Gasteiger partial charge in [0.05, 0.1) is 19.7 Å². The molecule has 2 aromatic rings. The van der Waals surface area contributed by atoms with E-state index in [4.69, 9.17) is 9.47 Å². The minimum Gasteiger partial charge on any atom is -0.491 e. The lowest BCUT2D eigenvalue weighted by Gasteiger charge is -2.10. The van der Waals surface area contributed by atoms with Crippen LogP contribution < -0.4 is 15.4 Å². The number of hydrogen-bond acceptors (Lipinski definition) is 5. The van der Waals surface area contributed by atoms with Gasteiger partial charge in [-0.15, -0.1) is 11.3 Å². The number of benzene rings is 1. The fourth-order valence-corrected chi connectivity index (χ4v) is 2.86. The molecule has 0 atom stereocenters. The lowest BCUT2D eigenvalue weighted by atomic mass is 10.2. The molecule has 0 saturated carbocycles.